The van der Waals surface area contributed by atoms with Gasteiger partial charge >= 0.3 is 0 Å². The maximum Gasteiger partial charge on any atom is 0.141 e. The maximum absolute atomic E-state index is 13.0. The molecule has 1 fully saturated rings. The molecule has 9 bridgehead atoms. The lowest BCUT2D eigenvalue weighted by Crippen LogP contribution is -2.36. The Balaban J connectivity index is 1.73. The van der Waals surface area contributed by atoms with Gasteiger partial charge < -0.3 is 0 Å². The molecule has 6 aliphatic carbocycles. The largest absolute Gasteiger partial charge is 0.299 e. The number of rotatable bonds is 0. The van der Waals surface area contributed by atoms with Gasteiger partial charge in [-0.15, -0.1) is 0 Å². The summed E-state index contributed by atoms with van der Waals surface area (Å²) in [5.41, 5.74) is 8.40. The second kappa shape index (κ2) is 3.75. The fourth-order valence-electron chi connectivity index (χ4n) is 7.04. The number of carbonyl (C=O) groups is 1. The van der Waals surface area contributed by atoms with Crippen LogP contribution in [0.3, 0.4) is 0 Å². The van der Waals surface area contributed by atoms with Gasteiger partial charge in [0.25, 0.3) is 0 Å². The smallest absolute Gasteiger partial charge is 0.141 e. The van der Waals surface area contributed by atoms with Crippen molar-refractivity contribution in [2.45, 2.75) is 63.2 Å². The summed E-state index contributed by atoms with van der Waals surface area (Å²) in [6.45, 7) is 0. The number of ketones is 1. The first-order chi connectivity index (χ1) is 10.8. The molecule has 1 heteroatoms. The molecule has 7 rings (SSSR count). The molecule has 1 spiro atoms. The molecule has 1 aromatic rings. The average Bonchev–Trinajstić information content (AvgIpc) is 3.10. The van der Waals surface area contributed by atoms with Crippen molar-refractivity contribution < 1.29 is 4.79 Å². The number of allylic oxidation sites excluding steroid dienone is 2. The third kappa shape index (κ3) is 1.19. The lowest BCUT2D eigenvalue weighted by Gasteiger charge is -2.41. The molecule has 0 amide bonds. The van der Waals surface area contributed by atoms with E-state index in [-0.39, 0.29) is 11.3 Å². The van der Waals surface area contributed by atoms with Gasteiger partial charge in [-0.25, -0.2) is 0 Å². The molecule has 0 N–H and O–H groups in total. The Morgan fingerprint density at radius 3 is 2.86 bits per heavy atom. The quantitative estimate of drug-likeness (QED) is 0.635. The Bertz CT molecular complexity index is 755. The van der Waals surface area contributed by atoms with Crippen LogP contribution < -0.4 is 0 Å². The summed E-state index contributed by atoms with van der Waals surface area (Å²) in [5, 5.41) is 0. The fraction of sp³-hybridized carbons (Fsp3) is 0.571. The molecular formula is C21H22O. The van der Waals surface area contributed by atoms with Gasteiger partial charge in [0.2, 0.25) is 0 Å². The van der Waals surface area contributed by atoms with Gasteiger partial charge in [0, 0.05) is 11.8 Å². The average molecular weight is 290 g/mol. The van der Waals surface area contributed by atoms with Crippen LogP contribution in [0.1, 0.15) is 73.5 Å². The maximum atomic E-state index is 13.0. The van der Waals surface area contributed by atoms with Crippen molar-refractivity contribution in [1.29, 1.82) is 0 Å². The Hall–Kier alpha value is -1.37. The first-order valence-corrected chi connectivity index (χ1v) is 9.15. The standard InChI is InChI=1S/C21H22O/c22-19-7-5-15-14-2-1-3-16(15)20(19)21-9-8-13(11-21)17-10-12(14)4-6-18(17)21/h1-3,12-13,20H,4-11H2. The topological polar surface area (TPSA) is 17.1 Å². The van der Waals surface area contributed by atoms with E-state index in [1.807, 2.05) is 0 Å². The van der Waals surface area contributed by atoms with Gasteiger partial charge in [0.05, 0.1) is 5.92 Å². The van der Waals surface area contributed by atoms with Crippen LogP contribution in [-0.4, -0.2) is 5.78 Å². The summed E-state index contributed by atoms with van der Waals surface area (Å²) < 4.78 is 0. The van der Waals surface area contributed by atoms with Crippen LogP contribution in [0.5, 0.6) is 0 Å². The van der Waals surface area contributed by atoms with Crippen molar-refractivity contribution in [3.05, 3.63) is 46.0 Å². The van der Waals surface area contributed by atoms with E-state index in [0.29, 0.717) is 5.78 Å². The minimum absolute atomic E-state index is 0.200. The Labute approximate surface area is 131 Å². The highest BCUT2D eigenvalue weighted by Gasteiger charge is 2.59. The van der Waals surface area contributed by atoms with Crippen LogP contribution in [0.4, 0.5) is 0 Å². The van der Waals surface area contributed by atoms with E-state index < -0.39 is 0 Å². The highest BCUT2D eigenvalue weighted by molar-refractivity contribution is 5.90. The summed E-state index contributed by atoms with van der Waals surface area (Å²) in [6, 6.07) is 6.91. The van der Waals surface area contributed by atoms with Gasteiger partial charge in [0.15, 0.2) is 0 Å². The minimum Gasteiger partial charge on any atom is -0.299 e. The monoisotopic (exact) mass is 290 g/mol. The predicted octanol–water partition coefficient (Wildman–Crippen LogP) is 4.66. The zero-order chi connectivity index (χ0) is 14.5. The van der Waals surface area contributed by atoms with Crippen molar-refractivity contribution in [3.63, 3.8) is 0 Å². The predicted molar refractivity (Wildman–Crippen MR) is 85.9 cm³/mol. The summed E-state index contributed by atoms with van der Waals surface area (Å²) in [7, 11) is 0. The highest BCUT2D eigenvalue weighted by atomic mass is 16.1. The Kier molecular flexibility index (Phi) is 2.06. The van der Waals surface area contributed by atoms with Crippen molar-refractivity contribution in [2.24, 2.45) is 11.3 Å². The van der Waals surface area contributed by atoms with Gasteiger partial charge in [-0.05, 0) is 73.5 Å². The molecule has 22 heavy (non-hydrogen) atoms. The van der Waals surface area contributed by atoms with Crippen LogP contribution in [-0.2, 0) is 11.2 Å². The van der Waals surface area contributed by atoms with Crippen molar-refractivity contribution in [3.8, 4) is 0 Å². The van der Waals surface area contributed by atoms with Crippen LogP contribution in [0, 0.1) is 11.3 Å². The van der Waals surface area contributed by atoms with Crippen LogP contribution in [0.15, 0.2) is 29.3 Å². The van der Waals surface area contributed by atoms with E-state index in [4.69, 9.17) is 0 Å². The van der Waals surface area contributed by atoms with Gasteiger partial charge in [0.1, 0.15) is 5.78 Å². The minimum atomic E-state index is 0.200. The van der Waals surface area contributed by atoms with E-state index in [0.717, 1.165) is 24.7 Å². The molecule has 0 heterocycles. The summed E-state index contributed by atoms with van der Waals surface area (Å²) in [4.78, 5) is 13.0. The molecule has 0 aromatic heterocycles. The molecule has 0 aliphatic heterocycles. The zero-order valence-corrected chi connectivity index (χ0v) is 13.0. The van der Waals surface area contributed by atoms with Crippen LogP contribution in [0.25, 0.3) is 0 Å². The number of benzene rings is 1. The number of Topliss-reactive ketones (excluding diaryl/α,β-unsaturated/α-hetero) is 1. The lowest BCUT2D eigenvalue weighted by atomic mass is 9.61. The Morgan fingerprint density at radius 1 is 1.00 bits per heavy atom. The molecule has 112 valence electrons. The molecule has 0 saturated heterocycles. The van der Waals surface area contributed by atoms with E-state index in [1.165, 1.54) is 44.1 Å². The molecule has 4 unspecified atom stereocenters. The van der Waals surface area contributed by atoms with E-state index in [2.05, 4.69) is 18.2 Å². The van der Waals surface area contributed by atoms with Crippen molar-refractivity contribution in [2.75, 3.05) is 0 Å². The molecule has 6 aliphatic rings. The second-order valence-electron chi connectivity index (χ2n) is 8.35. The second-order valence-corrected chi connectivity index (χ2v) is 8.35. The summed E-state index contributed by atoms with van der Waals surface area (Å²) in [5.74, 6) is 2.30. The number of hydrogen-bond donors (Lipinski definition) is 0. The number of hydrogen-bond acceptors (Lipinski definition) is 1. The van der Waals surface area contributed by atoms with Crippen molar-refractivity contribution in [1.82, 2.24) is 0 Å². The van der Waals surface area contributed by atoms with Gasteiger partial charge in [-0.2, -0.15) is 0 Å². The number of carbonyl (C=O) groups excluding carboxylic acids is 1. The summed E-state index contributed by atoms with van der Waals surface area (Å²) in [6.07, 6.45) is 9.62. The summed E-state index contributed by atoms with van der Waals surface area (Å²) >= 11 is 0. The molecule has 0 radical (unpaired) electrons. The van der Waals surface area contributed by atoms with E-state index in [9.17, 15) is 4.79 Å². The third-order valence-corrected chi connectivity index (χ3v) is 7.74. The van der Waals surface area contributed by atoms with Gasteiger partial charge in [-0.1, -0.05) is 29.3 Å². The fourth-order valence-corrected chi connectivity index (χ4v) is 7.04. The first-order valence-electron chi connectivity index (χ1n) is 9.15. The van der Waals surface area contributed by atoms with Crippen molar-refractivity contribution >= 4 is 5.78 Å². The highest BCUT2D eigenvalue weighted by Crippen LogP contribution is 2.69. The van der Waals surface area contributed by atoms with E-state index in [1.54, 1.807) is 22.3 Å². The molecule has 1 nitrogen and oxygen atoms in total. The molecular weight excluding hydrogens is 268 g/mol. The third-order valence-electron chi connectivity index (χ3n) is 7.74. The molecule has 1 aromatic carbocycles. The van der Waals surface area contributed by atoms with Gasteiger partial charge in [-0.3, -0.25) is 4.79 Å². The van der Waals surface area contributed by atoms with E-state index >= 15 is 0 Å². The molecule has 1 saturated carbocycles. The molecule has 4 atom stereocenters. The SMILES string of the molecule is O=C1CCc2c3cccc2C1C12CCC(C1)C1=C2CCC3C1. The van der Waals surface area contributed by atoms with Crippen LogP contribution >= 0.6 is 0 Å². The lowest BCUT2D eigenvalue weighted by molar-refractivity contribution is -0.123. The number of fused-ring (bicyclic) bond motifs is 2. The normalized spacial score (nSPS) is 40.7. The zero-order valence-electron chi connectivity index (χ0n) is 13.0. The first kappa shape index (κ1) is 12.1. The van der Waals surface area contributed by atoms with Crippen LogP contribution in [0.2, 0.25) is 0 Å². The Morgan fingerprint density at radius 2 is 1.91 bits per heavy atom.